The van der Waals surface area contributed by atoms with E-state index in [0.717, 1.165) is 18.6 Å². The molecule has 0 radical (unpaired) electrons. The third kappa shape index (κ3) is 2.96. The zero-order valence-corrected chi connectivity index (χ0v) is 10.1. The normalized spacial score (nSPS) is 27.4. The highest BCUT2D eigenvalue weighted by molar-refractivity contribution is 4.89. The Morgan fingerprint density at radius 3 is 2.57 bits per heavy atom. The van der Waals surface area contributed by atoms with Crippen LogP contribution in [0.15, 0.2) is 0 Å². The Morgan fingerprint density at radius 2 is 2.00 bits per heavy atom. The van der Waals surface area contributed by atoms with Crippen LogP contribution in [-0.4, -0.2) is 36.6 Å². The maximum Gasteiger partial charge on any atom is 0.0249 e. The van der Waals surface area contributed by atoms with Crippen molar-refractivity contribution in [2.45, 2.75) is 58.5 Å². The standard InChI is InChI=1S/C12H26N2/c1-4-10-14(6-3)12-9-7-8-11(12)13-5-2/h11-13H,4-10H2,1-3H3. The summed E-state index contributed by atoms with van der Waals surface area (Å²) in [4.78, 5) is 2.65. The largest absolute Gasteiger partial charge is 0.313 e. The molecule has 0 aromatic rings. The Bertz CT molecular complexity index is 147. The van der Waals surface area contributed by atoms with Gasteiger partial charge in [0.25, 0.3) is 0 Å². The molecule has 1 aliphatic carbocycles. The minimum Gasteiger partial charge on any atom is -0.313 e. The van der Waals surface area contributed by atoms with Gasteiger partial charge in [0.1, 0.15) is 0 Å². The molecule has 1 aliphatic rings. The van der Waals surface area contributed by atoms with Crippen LogP contribution in [0.25, 0.3) is 0 Å². The van der Waals surface area contributed by atoms with Crippen molar-refractivity contribution < 1.29 is 0 Å². The number of rotatable bonds is 6. The molecule has 1 fully saturated rings. The zero-order chi connectivity index (χ0) is 10.4. The third-order valence-corrected chi connectivity index (χ3v) is 3.33. The van der Waals surface area contributed by atoms with E-state index in [4.69, 9.17) is 0 Å². The minimum absolute atomic E-state index is 0.756. The third-order valence-electron chi connectivity index (χ3n) is 3.33. The maximum absolute atomic E-state index is 3.63. The number of nitrogens with zero attached hydrogens (tertiary/aromatic N) is 1. The molecule has 1 rings (SSSR count). The molecule has 0 aromatic carbocycles. The summed E-state index contributed by atoms with van der Waals surface area (Å²) in [6.45, 7) is 10.4. The van der Waals surface area contributed by atoms with E-state index in [9.17, 15) is 0 Å². The summed E-state index contributed by atoms with van der Waals surface area (Å²) in [6, 6.07) is 1.56. The van der Waals surface area contributed by atoms with E-state index in [-0.39, 0.29) is 0 Å². The van der Waals surface area contributed by atoms with Crippen molar-refractivity contribution in [2.75, 3.05) is 19.6 Å². The van der Waals surface area contributed by atoms with Crippen LogP contribution >= 0.6 is 0 Å². The lowest BCUT2D eigenvalue weighted by molar-refractivity contribution is 0.182. The molecule has 0 saturated heterocycles. The summed E-state index contributed by atoms with van der Waals surface area (Å²) in [6.07, 6.45) is 5.45. The summed E-state index contributed by atoms with van der Waals surface area (Å²) in [5.41, 5.74) is 0. The van der Waals surface area contributed by atoms with E-state index in [1.165, 1.54) is 38.8 Å². The molecule has 14 heavy (non-hydrogen) atoms. The van der Waals surface area contributed by atoms with Gasteiger partial charge in [0.2, 0.25) is 0 Å². The van der Waals surface area contributed by atoms with E-state index in [1.54, 1.807) is 0 Å². The summed E-state index contributed by atoms with van der Waals surface area (Å²) < 4.78 is 0. The monoisotopic (exact) mass is 198 g/mol. The molecule has 0 spiro atoms. The molecule has 0 aromatic heterocycles. The van der Waals surface area contributed by atoms with Gasteiger partial charge in [0.05, 0.1) is 0 Å². The molecular formula is C12H26N2. The second kappa shape index (κ2) is 6.41. The van der Waals surface area contributed by atoms with Crippen LogP contribution in [0.1, 0.15) is 46.5 Å². The lowest BCUT2D eigenvalue weighted by Gasteiger charge is -2.32. The Kier molecular flexibility index (Phi) is 5.49. The molecule has 0 aliphatic heterocycles. The van der Waals surface area contributed by atoms with E-state index < -0.39 is 0 Å². The van der Waals surface area contributed by atoms with Crippen molar-refractivity contribution in [1.82, 2.24) is 10.2 Å². The van der Waals surface area contributed by atoms with Gasteiger partial charge in [-0.1, -0.05) is 27.2 Å². The fourth-order valence-electron chi connectivity index (χ4n) is 2.72. The van der Waals surface area contributed by atoms with E-state index in [0.29, 0.717) is 0 Å². The molecule has 2 nitrogen and oxygen atoms in total. The SMILES string of the molecule is CCCN(CC)C1CCCC1NCC. The molecule has 1 N–H and O–H groups in total. The number of likely N-dealkylation sites (N-methyl/N-ethyl adjacent to an activating group) is 2. The van der Waals surface area contributed by atoms with Crippen LogP contribution < -0.4 is 5.32 Å². The van der Waals surface area contributed by atoms with E-state index in [1.807, 2.05) is 0 Å². The average Bonchev–Trinajstić information content (AvgIpc) is 2.63. The van der Waals surface area contributed by atoms with Crippen LogP contribution in [0.3, 0.4) is 0 Å². The van der Waals surface area contributed by atoms with Crippen LogP contribution in [0.2, 0.25) is 0 Å². The summed E-state index contributed by atoms with van der Waals surface area (Å²) >= 11 is 0. The van der Waals surface area contributed by atoms with Crippen molar-refractivity contribution >= 4 is 0 Å². The zero-order valence-electron chi connectivity index (χ0n) is 10.1. The van der Waals surface area contributed by atoms with Gasteiger partial charge in [0.15, 0.2) is 0 Å². The average molecular weight is 198 g/mol. The first-order valence-corrected chi connectivity index (χ1v) is 6.30. The topological polar surface area (TPSA) is 15.3 Å². The quantitative estimate of drug-likeness (QED) is 0.704. The number of hydrogen-bond acceptors (Lipinski definition) is 2. The fraction of sp³-hybridized carbons (Fsp3) is 1.00. The van der Waals surface area contributed by atoms with Crippen molar-refractivity contribution in [2.24, 2.45) is 0 Å². The highest BCUT2D eigenvalue weighted by Crippen LogP contribution is 2.24. The predicted molar refractivity (Wildman–Crippen MR) is 62.6 cm³/mol. The molecule has 0 bridgehead atoms. The Balaban J connectivity index is 2.45. The van der Waals surface area contributed by atoms with Crippen molar-refractivity contribution in [1.29, 1.82) is 0 Å². The molecule has 84 valence electrons. The Hall–Kier alpha value is -0.0800. The highest BCUT2D eigenvalue weighted by atomic mass is 15.2. The lowest BCUT2D eigenvalue weighted by atomic mass is 10.1. The van der Waals surface area contributed by atoms with E-state index in [2.05, 4.69) is 31.0 Å². The predicted octanol–water partition coefficient (Wildman–Crippen LogP) is 2.25. The Morgan fingerprint density at radius 1 is 1.21 bits per heavy atom. The second-order valence-electron chi connectivity index (χ2n) is 4.29. The molecule has 2 heteroatoms. The minimum atomic E-state index is 0.756. The van der Waals surface area contributed by atoms with Gasteiger partial charge in [-0.2, -0.15) is 0 Å². The summed E-state index contributed by atoms with van der Waals surface area (Å²) in [7, 11) is 0. The van der Waals surface area contributed by atoms with Crippen LogP contribution in [-0.2, 0) is 0 Å². The first-order valence-electron chi connectivity index (χ1n) is 6.30. The van der Waals surface area contributed by atoms with Crippen LogP contribution in [0.4, 0.5) is 0 Å². The van der Waals surface area contributed by atoms with Gasteiger partial charge < -0.3 is 5.32 Å². The van der Waals surface area contributed by atoms with Crippen molar-refractivity contribution in [3.63, 3.8) is 0 Å². The van der Waals surface area contributed by atoms with Crippen molar-refractivity contribution in [3.05, 3.63) is 0 Å². The smallest absolute Gasteiger partial charge is 0.0249 e. The van der Waals surface area contributed by atoms with Gasteiger partial charge >= 0.3 is 0 Å². The molecule has 0 heterocycles. The molecule has 2 atom stereocenters. The van der Waals surface area contributed by atoms with Gasteiger partial charge in [0, 0.05) is 12.1 Å². The lowest BCUT2D eigenvalue weighted by Crippen LogP contribution is -2.47. The van der Waals surface area contributed by atoms with E-state index >= 15 is 0 Å². The van der Waals surface area contributed by atoms with Gasteiger partial charge in [-0.25, -0.2) is 0 Å². The van der Waals surface area contributed by atoms with Gasteiger partial charge in [-0.3, -0.25) is 4.90 Å². The summed E-state index contributed by atoms with van der Waals surface area (Å²) in [5.74, 6) is 0. The number of nitrogens with one attached hydrogen (secondary N) is 1. The molecular weight excluding hydrogens is 172 g/mol. The number of hydrogen-bond donors (Lipinski definition) is 1. The maximum atomic E-state index is 3.63. The molecule has 0 amide bonds. The molecule has 2 unspecified atom stereocenters. The summed E-state index contributed by atoms with van der Waals surface area (Å²) in [5, 5.41) is 3.63. The first kappa shape index (κ1) is 12.0. The van der Waals surface area contributed by atoms with Gasteiger partial charge in [-0.05, 0) is 38.9 Å². The van der Waals surface area contributed by atoms with Crippen molar-refractivity contribution in [3.8, 4) is 0 Å². The van der Waals surface area contributed by atoms with Gasteiger partial charge in [-0.15, -0.1) is 0 Å². The second-order valence-corrected chi connectivity index (χ2v) is 4.29. The first-order chi connectivity index (χ1) is 6.83. The molecule has 1 saturated carbocycles. The fourth-order valence-corrected chi connectivity index (χ4v) is 2.72. The highest BCUT2D eigenvalue weighted by Gasteiger charge is 2.29. The Labute approximate surface area is 89.1 Å². The van der Waals surface area contributed by atoms with Crippen LogP contribution in [0.5, 0.6) is 0 Å². The van der Waals surface area contributed by atoms with Crippen LogP contribution in [0, 0.1) is 0 Å².